The molecule has 0 radical (unpaired) electrons. The van der Waals surface area contributed by atoms with Gasteiger partial charge >= 0.3 is 0 Å². The van der Waals surface area contributed by atoms with E-state index in [1.165, 1.54) is 23.1 Å². The predicted molar refractivity (Wildman–Crippen MR) is 68.7 cm³/mol. The standard InChI is InChI=1S/C14H23NO/c1-12-6-7-13(2)14(10-12)11-15-8-4-5-9-16-3/h6-7,10,15H,4-5,8-9,11H2,1-3H3. The van der Waals surface area contributed by atoms with Crippen LogP contribution in [-0.4, -0.2) is 20.3 Å². The van der Waals surface area contributed by atoms with Crippen LogP contribution < -0.4 is 5.32 Å². The molecular weight excluding hydrogens is 198 g/mol. The molecule has 0 spiro atoms. The first-order chi connectivity index (χ1) is 7.74. The van der Waals surface area contributed by atoms with E-state index in [0.717, 1.165) is 26.1 Å². The highest BCUT2D eigenvalue weighted by Gasteiger charge is 1.97. The highest BCUT2D eigenvalue weighted by Crippen LogP contribution is 2.10. The van der Waals surface area contributed by atoms with Crippen molar-refractivity contribution in [2.24, 2.45) is 0 Å². The van der Waals surface area contributed by atoms with Crippen molar-refractivity contribution in [3.63, 3.8) is 0 Å². The molecule has 90 valence electrons. The lowest BCUT2D eigenvalue weighted by Gasteiger charge is -2.08. The van der Waals surface area contributed by atoms with E-state index >= 15 is 0 Å². The van der Waals surface area contributed by atoms with Crippen molar-refractivity contribution in [2.75, 3.05) is 20.3 Å². The Morgan fingerprint density at radius 3 is 2.75 bits per heavy atom. The van der Waals surface area contributed by atoms with Crippen LogP contribution in [0.5, 0.6) is 0 Å². The van der Waals surface area contributed by atoms with Gasteiger partial charge in [0.2, 0.25) is 0 Å². The molecule has 1 aromatic carbocycles. The van der Waals surface area contributed by atoms with E-state index in [9.17, 15) is 0 Å². The highest BCUT2D eigenvalue weighted by atomic mass is 16.5. The molecule has 0 unspecified atom stereocenters. The van der Waals surface area contributed by atoms with Crippen LogP contribution in [0.4, 0.5) is 0 Å². The minimum atomic E-state index is 0.866. The van der Waals surface area contributed by atoms with Crippen molar-refractivity contribution >= 4 is 0 Å². The van der Waals surface area contributed by atoms with Gasteiger partial charge in [-0.1, -0.05) is 23.8 Å². The van der Waals surface area contributed by atoms with Gasteiger partial charge in [-0.3, -0.25) is 0 Å². The molecule has 2 heteroatoms. The Labute approximate surface area is 99.0 Å². The average molecular weight is 221 g/mol. The van der Waals surface area contributed by atoms with Gasteiger partial charge in [0, 0.05) is 20.3 Å². The number of hydrogen-bond donors (Lipinski definition) is 1. The van der Waals surface area contributed by atoms with Crippen molar-refractivity contribution in [1.82, 2.24) is 5.32 Å². The summed E-state index contributed by atoms with van der Waals surface area (Å²) in [6, 6.07) is 6.62. The number of aryl methyl sites for hydroxylation is 2. The maximum atomic E-state index is 5.01. The Hall–Kier alpha value is -0.860. The van der Waals surface area contributed by atoms with Gasteiger partial charge in [0.1, 0.15) is 0 Å². The quantitative estimate of drug-likeness (QED) is 0.715. The smallest absolute Gasteiger partial charge is 0.0462 e. The molecule has 2 nitrogen and oxygen atoms in total. The van der Waals surface area contributed by atoms with E-state index in [4.69, 9.17) is 4.74 Å². The summed E-state index contributed by atoms with van der Waals surface area (Å²) >= 11 is 0. The summed E-state index contributed by atoms with van der Waals surface area (Å²) in [7, 11) is 1.75. The summed E-state index contributed by atoms with van der Waals surface area (Å²) in [5.41, 5.74) is 4.11. The SMILES string of the molecule is COCCCCNCc1cc(C)ccc1C. The molecule has 0 amide bonds. The van der Waals surface area contributed by atoms with Crippen molar-refractivity contribution in [2.45, 2.75) is 33.2 Å². The van der Waals surface area contributed by atoms with Gasteiger partial charge in [0.25, 0.3) is 0 Å². The van der Waals surface area contributed by atoms with Gasteiger partial charge in [-0.15, -0.1) is 0 Å². The minimum absolute atomic E-state index is 0.866. The van der Waals surface area contributed by atoms with Crippen LogP contribution in [0.25, 0.3) is 0 Å². The Balaban J connectivity index is 2.23. The first-order valence-corrected chi connectivity index (χ1v) is 6.00. The third-order valence-electron chi connectivity index (χ3n) is 2.77. The van der Waals surface area contributed by atoms with Gasteiger partial charge in [-0.2, -0.15) is 0 Å². The molecule has 0 aliphatic rings. The lowest BCUT2D eigenvalue weighted by atomic mass is 10.1. The monoisotopic (exact) mass is 221 g/mol. The largest absolute Gasteiger partial charge is 0.385 e. The molecule has 0 aliphatic carbocycles. The number of methoxy groups -OCH3 is 1. The zero-order valence-corrected chi connectivity index (χ0v) is 10.7. The third-order valence-corrected chi connectivity index (χ3v) is 2.77. The molecule has 1 N–H and O–H groups in total. The Kier molecular flexibility index (Phi) is 6.12. The van der Waals surface area contributed by atoms with Gasteiger partial charge in [-0.05, 0) is 44.4 Å². The zero-order chi connectivity index (χ0) is 11.8. The molecule has 0 aromatic heterocycles. The second kappa shape index (κ2) is 7.42. The fourth-order valence-electron chi connectivity index (χ4n) is 1.71. The summed E-state index contributed by atoms with van der Waals surface area (Å²) < 4.78 is 5.01. The first kappa shape index (κ1) is 13.2. The Morgan fingerprint density at radius 2 is 2.00 bits per heavy atom. The maximum Gasteiger partial charge on any atom is 0.0462 e. The van der Waals surface area contributed by atoms with Crippen molar-refractivity contribution in [3.05, 3.63) is 34.9 Å². The number of nitrogens with one attached hydrogen (secondary N) is 1. The van der Waals surface area contributed by atoms with Crippen LogP contribution in [0.2, 0.25) is 0 Å². The summed E-state index contributed by atoms with van der Waals surface area (Å²) in [6.45, 7) is 7.21. The third kappa shape index (κ3) is 4.77. The summed E-state index contributed by atoms with van der Waals surface area (Å²) in [6.07, 6.45) is 2.31. The molecule has 0 heterocycles. The first-order valence-electron chi connectivity index (χ1n) is 6.00. The summed E-state index contributed by atoms with van der Waals surface area (Å²) in [4.78, 5) is 0. The van der Waals surface area contributed by atoms with Crippen LogP contribution in [0.15, 0.2) is 18.2 Å². The molecule has 0 aliphatic heterocycles. The minimum Gasteiger partial charge on any atom is -0.385 e. The number of unbranched alkanes of at least 4 members (excludes halogenated alkanes) is 1. The van der Waals surface area contributed by atoms with Crippen LogP contribution in [0.1, 0.15) is 29.5 Å². The fraction of sp³-hybridized carbons (Fsp3) is 0.571. The molecule has 1 rings (SSSR count). The van der Waals surface area contributed by atoms with E-state index in [0.29, 0.717) is 0 Å². The number of rotatable bonds is 7. The molecule has 0 saturated carbocycles. The molecule has 16 heavy (non-hydrogen) atoms. The Bertz CT molecular complexity index is 310. The zero-order valence-electron chi connectivity index (χ0n) is 10.7. The molecule has 0 fully saturated rings. The molecule has 1 aromatic rings. The van der Waals surface area contributed by atoms with Crippen molar-refractivity contribution in [3.8, 4) is 0 Å². The van der Waals surface area contributed by atoms with E-state index in [1.54, 1.807) is 7.11 Å². The topological polar surface area (TPSA) is 21.3 Å². The average Bonchev–Trinajstić information content (AvgIpc) is 2.28. The van der Waals surface area contributed by atoms with E-state index in [-0.39, 0.29) is 0 Å². The molecular formula is C14H23NO. The van der Waals surface area contributed by atoms with Crippen LogP contribution in [-0.2, 0) is 11.3 Å². The van der Waals surface area contributed by atoms with Gasteiger partial charge in [0.15, 0.2) is 0 Å². The van der Waals surface area contributed by atoms with Gasteiger partial charge < -0.3 is 10.1 Å². The fourth-order valence-corrected chi connectivity index (χ4v) is 1.71. The molecule has 0 saturated heterocycles. The van der Waals surface area contributed by atoms with Gasteiger partial charge in [0.05, 0.1) is 0 Å². The van der Waals surface area contributed by atoms with Crippen LogP contribution in [0.3, 0.4) is 0 Å². The van der Waals surface area contributed by atoms with E-state index in [2.05, 4.69) is 37.4 Å². The number of benzene rings is 1. The summed E-state index contributed by atoms with van der Waals surface area (Å²) in [5, 5.41) is 3.47. The second-order valence-corrected chi connectivity index (χ2v) is 4.31. The van der Waals surface area contributed by atoms with E-state index in [1.807, 2.05) is 0 Å². The normalized spacial score (nSPS) is 10.7. The van der Waals surface area contributed by atoms with Crippen molar-refractivity contribution < 1.29 is 4.74 Å². The Morgan fingerprint density at radius 1 is 1.19 bits per heavy atom. The maximum absolute atomic E-state index is 5.01. The second-order valence-electron chi connectivity index (χ2n) is 4.31. The van der Waals surface area contributed by atoms with Gasteiger partial charge in [-0.25, -0.2) is 0 Å². The van der Waals surface area contributed by atoms with Crippen molar-refractivity contribution in [1.29, 1.82) is 0 Å². The number of ether oxygens (including phenoxy) is 1. The van der Waals surface area contributed by atoms with Crippen LogP contribution in [0, 0.1) is 13.8 Å². The molecule has 0 bridgehead atoms. The van der Waals surface area contributed by atoms with E-state index < -0.39 is 0 Å². The lowest BCUT2D eigenvalue weighted by molar-refractivity contribution is 0.192. The highest BCUT2D eigenvalue weighted by molar-refractivity contribution is 5.30. The lowest BCUT2D eigenvalue weighted by Crippen LogP contribution is -2.15. The molecule has 0 atom stereocenters. The number of hydrogen-bond acceptors (Lipinski definition) is 2. The van der Waals surface area contributed by atoms with Crippen LogP contribution >= 0.6 is 0 Å². The predicted octanol–water partition coefficient (Wildman–Crippen LogP) is 2.82. The summed E-state index contributed by atoms with van der Waals surface area (Å²) in [5.74, 6) is 0.